The number of nitrogens with zero attached hydrogens (tertiary/aromatic N) is 4. The van der Waals surface area contributed by atoms with Crippen molar-refractivity contribution < 1.29 is 4.79 Å². The van der Waals surface area contributed by atoms with Crippen LogP contribution in [0.2, 0.25) is 0 Å². The van der Waals surface area contributed by atoms with Gasteiger partial charge < -0.3 is 10.6 Å². The summed E-state index contributed by atoms with van der Waals surface area (Å²) in [7, 11) is 0. The maximum atomic E-state index is 12.2. The number of carbonyl (C=O) groups is 1. The van der Waals surface area contributed by atoms with Crippen molar-refractivity contribution in [2.24, 2.45) is 0 Å². The number of benzene rings is 1. The van der Waals surface area contributed by atoms with Crippen LogP contribution in [-0.2, 0) is 12.0 Å². The van der Waals surface area contributed by atoms with Crippen LogP contribution in [0.4, 0.5) is 4.79 Å². The van der Waals surface area contributed by atoms with Crippen molar-refractivity contribution in [1.82, 2.24) is 30.4 Å². The summed E-state index contributed by atoms with van der Waals surface area (Å²) in [5.74, 6) is 0.648. The number of rotatable bonds is 6. The van der Waals surface area contributed by atoms with Gasteiger partial charge >= 0.3 is 6.03 Å². The Morgan fingerprint density at radius 1 is 1.12 bits per heavy atom. The lowest BCUT2D eigenvalue weighted by Crippen LogP contribution is -2.42. The second-order valence-electron chi connectivity index (χ2n) is 6.61. The van der Waals surface area contributed by atoms with Gasteiger partial charge in [-0.2, -0.15) is 5.10 Å². The maximum absolute atomic E-state index is 12.2. The highest BCUT2D eigenvalue weighted by Gasteiger charge is 2.21. The van der Waals surface area contributed by atoms with E-state index >= 15 is 0 Å². The molecule has 0 aliphatic carbocycles. The standard InChI is InChI=1S/C19H22N6O/c1-19(2,16-8-4-3-5-9-16)12-23-18(26)22-11-15-7-6-10-21-17(15)25-14-20-13-24-25/h3-10,13-14H,11-12H2,1-2H3,(H2,22,23,26). The number of amides is 2. The molecule has 0 spiro atoms. The molecule has 0 saturated carbocycles. The fourth-order valence-electron chi connectivity index (χ4n) is 2.62. The number of nitrogens with one attached hydrogen (secondary N) is 2. The predicted octanol–water partition coefficient (Wildman–Crippen LogP) is 2.44. The fourth-order valence-corrected chi connectivity index (χ4v) is 2.62. The van der Waals surface area contributed by atoms with Crippen molar-refractivity contribution in [2.75, 3.05) is 6.54 Å². The van der Waals surface area contributed by atoms with Crippen molar-refractivity contribution in [2.45, 2.75) is 25.8 Å². The van der Waals surface area contributed by atoms with Crippen molar-refractivity contribution >= 4 is 6.03 Å². The van der Waals surface area contributed by atoms with E-state index in [2.05, 4.69) is 51.7 Å². The van der Waals surface area contributed by atoms with Crippen LogP contribution in [-0.4, -0.2) is 32.3 Å². The smallest absolute Gasteiger partial charge is 0.315 e. The third kappa shape index (κ3) is 4.24. The van der Waals surface area contributed by atoms with Gasteiger partial charge in [-0.15, -0.1) is 0 Å². The summed E-state index contributed by atoms with van der Waals surface area (Å²) in [5, 5.41) is 9.91. The number of hydrogen-bond donors (Lipinski definition) is 2. The molecule has 2 amide bonds. The Balaban J connectivity index is 1.57. The summed E-state index contributed by atoms with van der Waals surface area (Å²) in [6, 6.07) is 13.6. The van der Waals surface area contributed by atoms with Gasteiger partial charge in [0, 0.05) is 30.3 Å². The molecule has 0 fully saturated rings. The zero-order valence-corrected chi connectivity index (χ0v) is 14.9. The number of carbonyl (C=O) groups excluding carboxylic acids is 1. The molecule has 0 aliphatic rings. The zero-order chi connectivity index (χ0) is 18.4. The summed E-state index contributed by atoms with van der Waals surface area (Å²) in [5.41, 5.74) is 1.88. The lowest BCUT2D eigenvalue weighted by Gasteiger charge is -2.25. The van der Waals surface area contributed by atoms with E-state index < -0.39 is 0 Å². The van der Waals surface area contributed by atoms with Gasteiger partial charge in [-0.1, -0.05) is 50.2 Å². The van der Waals surface area contributed by atoms with E-state index in [4.69, 9.17) is 0 Å². The second-order valence-corrected chi connectivity index (χ2v) is 6.61. The largest absolute Gasteiger partial charge is 0.337 e. The first-order valence-electron chi connectivity index (χ1n) is 8.42. The van der Waals surface area contributed by atoms with Crippen LogP contribution in [0.1, 0.15) is 25.0 Å². The Bertz CT molecular complexity index is 845. The minimum absolute atomic E-state index is 0.154. The van der Waals surface area contributed by atoms with Gasteiger partial charge in [-0.25, -0.2) is 19.4 Å². The van der Waals surface area contributed by atoms with Crippen LogP contribution in [0, 0.1) is 0 Å². The lowest BCUT2D eigenvalue weighted by atomic mass is 9.85. The van der Waals surface area contributed by atoms with E-state index in [1.807, 2.05) is 30.3 Å². The highest BCUT2D eigenvalue weighted by Crippen LogP contribution is 2.21. The molecule has 3 aromatic rings. The molecular formula is C19H22N6O. The highest BCUT2D eigenvalue weighted by molar-refractivity contribution is 5.74. The molecule has 2 aromatic heterocycles. The SMILES string of the molecule is CC(C)(CNC(=O)NCc1cccnc1-n1cncn1)c1ccccc1. The van der Waals surface area contributed by atoms with Gasteiger partial charge in [0.25, 0.3) is 0 Å². The Kier molecular flexibility index (Phi) is 5.26. The summed E-state index contributed by atoms with van der Waals surface area (Å²) >= 11 is 0. The first-order chi connectivity index (χ1) is 12.6. The highest BCUT2D eigenvalue weighted by atomic mass is 16.2. The van der Waals surface area contributed by atoms with Crippen molar-refractivity contribution in [1.29, 1.82) is 0 Å². The molecule has 0 radical (unpaired) electrons. The predicted molar refractivity (Wildman–Crippen MR) is 98.9 cm³/mol. The molecule has 2 heterocycles. The second kappa shape index (κ2) is 7.77. The normalized spacial score (nSPS) is 11.2. The summed E-state index contributed by atoms with van der Waals surface area (Å²) in [6.45, 7) is 5.09. The minimum atomic E-state index is -0.220. The number of hydrogen-bond acceptors (Lipinski definition) is 4. The summed E-state index contributed by atoms with van der Waals surface area (Å²) in [6.07, 6.45) is 4.71. The molecule has 0 aliphatic heterocycles. The Morgan fingerprint density at radius 2 is 1.92 bits per heavy atom. The average molecular weight is 350 g/mol. The van der Waals surface area contributed by atoms with E-state index in [1.54, 1.807) is 17.2 Å². The maximum Gasteiger partial charge on any atom is 0.315 e. The van der Waals surface area contributed by atoms with Crippen LogP contribution in [0.15, 0.2) is 61.3 Å². The van der Waals surface area contributed by atoms with E-state index in [9.17, 15) is 4.79 Å². The molecule has 0 unspecified atom stereocenters. The summed E-state index contributed by atoms with van der Waals surface area (Å²) in [4.78, 5) is 20.5. The molecule has 0 saturated heterocycles. The lowest BCUT2D eigenvalue weighted by molar-refractivity contribution is 0.238. The molecule has 3 rings (SSSR count). The third-order valence-electron chi connectivity index (χ3n) is 4.19. The average Bonchev–Trinajstić information content (AvgIpc) is 3.20. The monoisotopic (exact) mass is 350 g/mol. The van der Waals surface area contributed by atoms with Crippen LogP contribution in [0.5, 0.6) is 0 Å². The quantitative estimate of drug-likeness (QED) is 0.715. The number of pyridine rings is 1. The fraction of sp³-hybridized carbons (Fsp3) is 0.263. The molecule has 0 bridgehead atoms. The van der Waals surface area contributed by atoms with E-state index in [-0.39, 0.29) is 11.4 Å². The van der Waals surface area contributed by atoms with E-state index in [1.165, 1.54) is 11.9 Å². The number of aromatic nitrogens is 4. The molecular weight excluding hydrogens is 328 g/mol. The Labute approximate surface area is 152 Å². The third-order valence-corrected chi connectivity index (χ3v) is 4.19. The van der Waals surface area contributed by atoms with Crippen molar-refractivity contribution in [3.8, 4) is 5.82 Å². The topological polar surface area (TPSA) is 84.7 Å². The van der Waals surface area contributed by atoms with Gasteiger partial charge in [-0.3, -0.25) is 0 Å². The molecule has 0 atom stereocenters. The van der Waals surface area contributed by atoms with Gasteiger partial charge in [-0.05, 0) is 11.6 Å². The van der Waals surface area contributed by atoms with Crippen molar-refractivity contribution in [3.05, 3.63) is 72.4 Å². The molecule has 1 aromatic carbocycles. The van der Waals surface area contributed by atoms with E-state index in [0.29, 0.717) is 18.9 Å². The van der Waals surface area contributed by atoms with Crippen LogP contribution in [0.25, 0.3) is 5.82 Å². The molecule has 7 nitrogen and oxygen atoms in total. The van der Waals surface area contributed by atoms with E-state index in [0.717, 1.165) is 5.56 Å². The molecule has 7 heteroatoms. The van der Waals surface area contributed by atoms with Crippen LogP contribution >= 0.6 is 0 Å². The van der Waals surface area contributed by atoms with Gasteiger partial charge in [0.15, 0.2) is 5.82 Å². The summed E-state index contributed by atoms with van der Waals surface area (Å²) < 4.78 is 1.58. The van der Waals surface area contributed by atoms with Gasteiger partial charge in [0.1, 0.15) is 12.7 Å². The van der Waals surface area contributed by atoms with Crippen LogP contribution in [0.3, 0.4) is 0 Å². The molecule has 2 N–H and O–H groups in total. The van der Waals surface area contributed by atoms with Gasteiger partial charge in [0.05, 0.1) is 0 Å². The minimum Gasteiger partial charge on any atom is -0.337 e. The molecule has 134 valence electrons. The Morgan fingerprint density at radius 3 is 2.65 bits per heavy atom. The van der Waals surface area contributed by atoms with Crippen molar-refractivity contribution in [3.63, 3.8) is 0 Å². The van der Waals surface area contributed by atoms with Gasteiger partial charge in [0.2, 0.25) is 0 Å². The zero-order valence-electron chi connectivity index (χ0n) is 14.9. The first kappa shape index (κ1) is 17.6. The molecule has 26 heavy (non-hydrogen) atoms. The first-order valence-corrected chi connectivity index (χ1v) is 8.42. The Hall–Kier alpha value is -3.22. The van der Waals surface area contributed by atoms with Crippen LogP contribution < -0.4 is 10.6 Å². The number of urea groups is 1.